The fourth-order valence-electron chi connectivity index (χ4n) is 2.90. The van der Waals surface area contributed by atoms with Crippen LogP contribution in [0, 0.1) is 11.8 Å². The SMILES string of the molecule is CCC1CCC(NS(=O)(=O)c2ccc(N)cc2)C1C. The lowest BCUT2D eigenvalue weighted by molar-refractivity contribution is 0.368. The highest BCUT2D eigenvalue weighted by atomic mass is 32.2. The molecular formula is C14H22N2O2S. The first-order chi connectivity index (χ1) is 8.94. The van der Waals surface area contributed by atoms with Gasteiger partial charge in [0.1, 0.15) is 0 Å². The Morgan fingerprint density at radius 2 is 1.89 bits per heavy atom. The van der Waals surface area contributed by atoms with Crippen LogP contribution in [-0.2, 0) is 10.0 Å². The zero-order chi connectivity index (χ0) is 14.0. The lowest BCUT2D eigenvalue weighted by Gasteiger charge is -2.21. The maximum Gasteiger partial charge on any atom is 0.240 e. The van der Waals surface area contributed by atoms with Gasteiger partial charge < -0.3 is 5.73 Å². The Bertz CT molecular complexity index is 525. The molecule has 1 aromatic carbocycles. The number of nitrogens with one attached hydrogen (secondary N) is 1. The van der Waals surface area contributed by atoms with Crippen molar-refractivity contribution in [2.24, 2.45) is 11.8 Å². The summed E-state index contributed by atoms with van der Waals surface area (Å²) in [6, 6.07) is 6.37. The fraction of sp³-hybridized carbons (Fsp3) is 0.571. The van der Waals surface area contributed by atoms with Gasteiger partial charge in [-0.25, -0.2) is 13.1 Å². The van der Waals surface area contributed by atoms with Gasteiger partial charge in [-0.05, 0) is 48.9 Å². The molecule has 0 aromatic heterocycles. The van der Waals surface area contributed by atoms with Crippen LogP contribution in [0.25, 0.3) is 0 Å². The fourth-order valence-corrected chi connectivity index (χ4v) is 4.27. The Balaban J connectivity index is 2.12. The Hall–Kier alpha value is -1.07. The third-order valence-corrected chi connectivity index (χ3v) is 5.75. The van der Waals surface area contributed by atoms with E-state index in [4.69, 9.17) is 5.73 Å². The highest BCUT2D eigenvalue weighted by molar-refractivity contribution is 7.89. The van der Waals surface area contributed by atoms with E-state index in [0.29, 0.717) is 17.5 Å². The minimum atomic E-state index is -3.43. The Kier molecular flexibility index (Phi) is 4.16. The van der Waals surface area contributed by atoms with E-state index in [1.165, 1.54) is 0 Å². The van der Waals surface area contributed by atoms with Crippen molar-refractivity contribution in [2.45, 2.75) is 44.0 Å². The maximum atomic E-state index is 12.3. The molecule has 0 amide bonds. The highest BCUT2D eigenvalue weighted by Gasteiger charge is 2.34. The Morgan fingerprint density at radius 1 is 1.26 bits per heavy atom. The van der Waals surface area contributed by atoms with Gasteiger partial charge in [-0.2, -0.15) is 0 Å². The first-order valence-electron chi connectivity index (χ1n) is 6.82. The van der Waals surface area contributed by atoms with E-state index in [-0.39, 0.29) is 10.9 Å². The van der Waals surface area contributed by atoms with Crippen LogP contribution in [0.4, 0.5) is 5.69 Å². The average molecular weight is 282 g/mol. The second-order valence-electron chi connectivity index (χ2n) is 5.40. The van der Waals surface area contributed by atoms with Gasteiger partial charge in [-0.1, -0.05) is 20.3 Å². The van der Waals surface area contributed by atoms with Crippen molar-refractivity contribution in [3.63, 3.8) is 0 Å². The summed E-state index contributed by atoms with van der Waals surface area (Å²) in [5, 5.41) is 0. The third-order valence-electron chi connectivity index (χ3n) is 4.25. The van der Waals surface area contributed by atoms with E-state index in [1.54, 1.807) is 24.3 Å². The molecule has 3 N–H and O–H groups in total. The number of benzene rings is 1. The molecule has 0 radical (unpaired) electrons. The number of anilines is 1. The van der Waals surface area contributed by atoms with E-state index in [0.717, 1.165) is 19.3 Å². The molecule has 2 rings (SSSR count). The topological polar surface area (TPSA) is 72.2 Å². The van der Waals surface area contributed by atoms with Crippen molar-refractivity contribution in [1.29, 1.82) is 0 Å². The first-order valence-corrected chi connectivity index (χ1v) is 8.30. The predicted molar refractivity (Wildman–Crippen MR) is 77.1 cm³/mol. The molecule has 3 atom stereocenters. The summed E-state index contributed by atoms with van der Waals surface area (Å²) in [7, 11) is -3.43. The molecule has 1 aliphatic rings. The van der Waals surface area contributed by atoms with Gasteiger partial charge in [0.25, 0.3) is 0 Å². The molecule has 0 spiro atoms. The lowest BCUT2D eigenvalue weighted by Crippen LogP contribution is -2.37. The molecule has 1 saturated carbocycles. The smallest absolute Gasteiger partial charge is 0.240 e. The van der Waals surface area contributed by atoms with Crippen molar-refractivity contribution in [3.05, 3.63) is 24.3 Å². The second-order valence-corrected chi connectivity index (χ2v) is 7.12. The average Bonchev–Trinajstić information content (AvgIpc) is 2.70. The summed E-state index contributed by atoms with van der Waals surface area (Å²) >= 11 is 0. The van der Waals surface area contributed by atoms with E-state index in [1.807, 2.05) is 0 Å². The van der Waals surface area contributed by atoms with Crippen LogP contribution < -0.4 is 10.5 Å². The van der Waals surface area contributed by atoms with Crippen LogP contribution in [0.3, 0.4) is 0 Å². The molecule has 1 aliphatic carbocycles. The quantitative estimate of drug-likeness (QED) is 0.833. The lowest BCUT2D eigenvalue weighted by atomic mass is 9.94. The molecule has 106 valence electrons. The third kappa shape index (κ3) is 3.09. The summed E-state index contributed by atoms with van der Waals surface area (Å²) in [5.74, 6) is 1.02. The molecule has 0 heterocycles. The zero-order valence-corrected chi connectivity index (χ0v) is 12.3. The molecular weight excluding hydrogens is 260 g/mol. The number of hydrogen-bond donors (Lipinski definition) is 2. The van der Waals surface area contributed by atoms with Gasteiger partial charge in [-0.3, -0.25) is 0 Å². The number of rotatable bonds is 4. The van der Waals surface area contributed by atoms with Gasteiger partial charge in [0, 0.05) is 11.7 Å². The summed E-state index contributed by atoms with van der Waals surface area (Å²) in [6.07, 6.45) is 3.14. The normalized spacial score (nSPS) is 27.6. The Morgan fingerprint density at radius 3 is 2.42 bits per heavy atom. The van der Waals surface area contributed by atoms with Crippen LogP contribution in [0.15, 0.2) is 29.2 Å². The van der Waals surface area contributed by atoms with Crippen LogP contribution in [-0.4, -0.2) is 14.5 Å². The van der Waals surface area contributed by atoms with Crippen molar-refractivity contribution < 1.29 is 8.42 Å². The van der Waals surface area contributed by atoms with Crippen molar-refractivity contribution in [2.75, 3.05) is 5.73 Å². The summed E-state index contributed by atoms with van der Waals surface area (Å²) < 4.78 is 27.4. The van der Waals surface area contributed by atoms with Crippen LogP contribution in [0.5, 0.6) is 0 Å². The number of hydrogen-bond acceptors (Lipinski definition) is 3. The van der Waals surface area contributed by atoms with E-state index >= 15 is 0 Å². The van der Waals surface area contributed by atoms with Gasteiger partial charge in [0.2, 0.25) is 10.0 Å². The van der Waals surface area contributed by atoms with Gasteiger partial charge in [-0.15, -0.1) is 0 Å². The predicted octanol–water partition coefficient (Wildman–Crippen LogP) is 2.37. The summed E-state index contributed by atoms with van der Waals surface area (Å²) in [5.41, 5.74) is 6.15. The minimum Gasteiger partial charge on any atom is -0.399 e. The van der Waals surface area contributed by atoms with E-state index in [9.17, 15) is 8.42 Å². The first kappa shape index (κ1) is 14.3. The molecule has 0 saturated heterocycles. The molecule has 19 heavy (non-hydrogen) atoms. The van der Waals surface area contributed by atoms with Gasteiger partial charge >= 0.3 is 0 Å². The zero-order valence-electron chi connectivity index (χ0n) is 11.5. The van der Waals surface area contributed by atoms with Crippen LogP contribution >= 0.6 is 0 Å². The van der Waals surface area contributed by atoms with Crippen molar-refractivity contribution in [1.82, 2.24) is 4.72 Å². The van der Waals surface area contributed by atoms with Gasteiger partial charge in [0.15, 0.2) is 0 Å². The van der Waals surface area contributed by atoms with E-state index < -0.39 is 10.0 Å². The molecule has 4 nitrogen and oxygen atoms in total. The number of nitrogen functional groups attached to an aromatic ring is 1. The molecule has 0 aliphatic heterocycles. The molecule has 5 heteroatoms. The highest BCUT2D eigenvalue weighted by Crippen LogP contribution is 2.34. The van der Waals surface area contributed by atoms with Gasteiger partial charge in [0.05, 0.1) is 4.90 Å². The van der Waals surface area contributed by atoms with Crippen LogP contribution in [0.2, 0.25) is 0 Å². The van der Waals surface area contributed by atoms with Crippen molar-refractivity contribution >= 4 is 15.7 Å². The molecule has 1 aromatic rings. The summed E-state index contributed by atoms with van der Waals surface area (Å²) in [4.78, 5) is 0.286. The van der Waals surface area contributed by atoms with Crippen molar-refractivity contribution in [3.8, 4) is 0 Å². The second kappa shape index (κ2) is 5.51. The molecule has 1 fully saturated rings. The van der Waals surface area contributed by atoms with Crippen LogP contribution in [0.1, 0.15) is 33.1 Å². The molecule has 3 unspecified atom stereocenters. The number of sulfonamides is 1. The number of nitrogens with two attached hydrogens (primary N) is 1. The maximum absolute atomic E-state index is 12.3. The standard InChI is InChI=1S/C14H22N2O2S/c1-3-11-4-9-14(10(11)2)16-19(17,18)13-7-5-12(15)6-8-13/h5-8,10-11,14,16H,3-4,9,15H2,1-2H3. The Labute approximate surface area is 115 Å². The molecule has 0 bridgehead atoms. The largest absolute Gasteiger partial charge is 0.399 e. The summed E-state index contributed by atoms with van der Waals surface area (Å²) in [6.45, 7) is 4.30. The minimum absolute atomic E-state index is 0.0486. The van der Waals surface area contributed by atoms with E-state index in [2.05, 4.69) is 18.6 Å². The monoisotopic (exact) mass is 282 g/mol.